The smallest absolute Gasteiger partial charge is 0.293 e. The molecule has 188 valence electrons. The molecule has 0 radical (unpaired) electrons. The molecule has 4 rings (SSSR count). The van der Waals surface area contributed by atoms with Crippen LogP contribution in [0.5, 0.6) is 0 Å². The summed E-state index contributed by atoms with van der Waals surface area (Å²) in [6, 6.07) is 9.54. The van der Waals surface area contributed by atoms with Crippen LogP contribution in [0.2, 0.25) is 0 Å². The molecule has 0 atom stereocenters. The topological polar surface area (TPSA) is 111 Å². The van der Waals surface area contributed by atoms with Crippen molar-refractivity contribution in [3.05, 3.63) is 48.0 Å². The lowest BCUT2D eigenvalue weighted by Crippen LogP contribution is -2.61. The summed E-state index contributed by atoms with van der Waals surface area (Å²) in [5.74, 6) is -0.233. The van der Waals surface area contributed by atoms with Gasteiger partial charge in [0.15, 0.2) is 0 Å². The Morgan fingerprint density at radius 1 is 1.14 bits per heavy atom. The molecule has 9 nitrogen and oxygen atoms in total. The maximum absolute atomic E-state index is 12.6. The van der Waals surface area contributed by atoms with Crippen LogP contribution in [-0.4, -0.2) is 83.8 Å². The fourth-order valence-electron chi connectivity index (χ4n) is 4.06. The Balaban J connectivity index is 0.000000255. The van der Waals surface area contributed by atoms with Gasteiger partial charge in [0.25, 0.3) is 6.47 Å². The number of likely N-dealkylation sites (tertiary alicyclic amines) is 1. The summed E-state index contributed by atoms with van der Waals surface area (Å²) in [4.78, 5) is 50.9. The highest BCUT2D eigenvalue weighted by Gasteiger charge is 2.59. The van der Waals surface area contributed by atoms with Gasteiger partial charge in [0.1, 0.15) is 5.54 Å². The standard InChI is InChI=1S/C15H21N3O3.C8H7N.C3H6O2/c1-2-12(19)18-10-9-17(14(21)15(18)5-6-15)11-13(20)16-7-3-4-8-16;1-7-2-4-8(6-9)5-3-7;1-2-5-3-4/h2H,1,3-11H2;2-5H,1H3;3H,2H2,1H3. The molecule has 1 spiro atoms. The van der Waals surface area contributed by atoms with Crippen LogP contribution in [0.15, 0.2) is 36.9 Å². The first-order chi connectivity index (χ1) is 16.8. The first kappa shape index (κ1) is 27.6. The number of rotatable bonds is 5. The quantitative estimate of drug-likeness (QED) is 0.469. The van der Waals surface area contributed by atoms with E-state index in [1.54, 1.807) is 16.7 Å². The zero-order valence-corrected chi connectivity index (χ0v) is 20.6. The molecule has 1 aromatic rings. The molecular weight excluding hydrogens is 448 g/mol. The number of carbonyl (C=O) groups excluding carboxylic acids is 4. The van der Waals surface area contributed by atoms with Gasteiger partial charge >= 0.3 is 0 Å². The Morgan fingerprint density at radius 2 is 1.77 bits per heavy atom. The molecule has 3 aliphatic rings. The first-order valence-corrected chi connectivity index (χ1v) is 11.9. The Labute approximate surface area is 206 Å². The summed E-state index contributed by atoms with van der Waals surface area (Å²) in [5.41, 5.74) is 1.23. The Morgan fingerprint density at radius 3 is 2.23 bits per heavy atom. The molecule has 2 aliphatic heterocycles. The number of hydrogen-bond donors (Lipinski definition) is 0. The minimum absolute atomic E-state index is 0.0279. The zero-order valence-electron chi connectivity index (χ0n) is 20.6. The highest BCUT2D eigenvalue weighted by molar-refractivity contribution is 5.99. The van der Waals surface area contributed by atoms with E-state index in [4.69, 9.17) is 5.26 Å². The maximum atomic E-state index is 12.6. The van der Waals surface area contributed by atoms with Crippen molar-refractivity contribution in [3.8, 4) is 6.07 Å². The molecule has 3 amide bonds. The van der Waals surface area contributed by atoms with Crippen LogP contribution in [0.3, 0.4) is 0 Å². The lowest BCUT2D eigenvalue weighted by molar-refractivity contribution is -0.154. The Kier molecular flexibility index (Phi) is 10.5. The summed E-state index contributed by atoms with van der Waals surface area (Å²) in [6.45, 7) is 10.8. The summed E-state index contributed by atoms with van der Waals surface area (Å²) in [6.07, 6.45) is 4.74. The average molecular weight is 483 g/mol. The van der Waals surface area contributed by atoms with E-state index < -0.39 is 5.54 Å². The molecule has 1 aromatic carbocycles. The Bertz CT molecular complexity index is 943. The van der Waals surface area contributed by atoms with E-state index in [2.05, 4.69) is 17.4 Å². The molecule has 0 aromatic heterocycles. The van der Waals surface area contributed by atoms with Crippen LogP contribution in [0.1, 0.15) is 43.7 Å². The number of piperazine rings is 1. The number of carbonyl (C=O) groups is 4. The normalized spacial score (nSPS) is 17.3. The number of hydrogen-bond acceptors (Lipinski definition) is 6. The second-order valence-electron chi connectivity index (χ2n) is 8.57. The van der Waals surface area contributed by atoms with Gasteiger partial charge in [-0.2, -0.15) is 5.26 Å². The van der Waals surface area contributed by atoms with Gasteiger partial charge in [0, 0.05) is 26.2 Å². The summed E-state index contributed by atoms with van der Waals surface area (Å²) >= 11 is 0. The van der Waals surface area contributed by atoms with Crippen molar-refractivity contribution in [2.75, 3.05) is 39.3 Å². The van der Waals surface area contributed by atoms with E-state index in [9.17, 15) is 19.2 Å². The van der Waals surface area contributed by atoms with Crippen molar-refractivity contribution >= 4 is 24.2 Å². The second kappa shape index (κ2) is 13.3. The highest BCUT2D eigenvalue weighted by atomic mass is 16.5. The maximum Gasteiger partial charge on any atom is 0.293 e. The van der Waals surface area contributed by atoms with Crippen LogP contribution >= 0.6 is 0 Å². The van der Waals surface area contributed by atoms with Crippen molar-refractivity contribution in [2.45, 2.75) is 45.1 Å². The number of nitrogens with zero attached hydrogens (tertiary/aromatic N) is 4. The van der Waals surface area contributed by atoms with E-state index >= 15 is 0 Å². The van der Waals surface area contributed by atoms with Crippen molar-refractivity contribution in [1.82, 2.24) is 14.7 Å². The van der Waals surface area contributed by atoms with Gasteiger partial charge in [-0.15, -0.1) is 0 Å². The average Bonchev–Trinajstić information content (AvgIpc) is 3.45. The van der Waals surface area contributed by atoms with Gasteiger partial charge in [-0.05, 0) is 57.7 Å². The van der Waals surface area contributed by atoms with E-state index in [-0.39, 0.29) is 24.3 Å². The first-order valence-electron chi connectivity index (χ1n) is 11.9. The van der Waals surface area contributed by atoms with E-state index in [0.29, 0.717) is 39.0 Å². The lowest BCUT2D eigenvalue weighted by Gasteiger charge is -2.40. The minimum atomic E-state index is -0.686. The SMILES string of the molecule is C=CC(=O)N1CCN(CC(=O)N2CCCC2)C(=O)C12CC2.CCOC=O.Cc1ccc(C#N)cc1. The van der Waals surface area contributed by atoms with Crippen LogP contribution in [0.4, 0.5) is 0 Å². The van der Waals surface area contributed by atoms with Gasteiger partial charge < -0.3 is 19.4 Å². The molecule has 1 saturated carbocycles. The number of nitriles is 1. The lowest BCUT2D eigenvalue weighted by atomic mass is 10.1. The third kappa shape index (κ3) is 7.41. The number of ether oxygens (including phenoxy) is 1. The molecule has 3 fully saturated rings. The largest absolute Gasteiger partial charge is 0.468 e. The second-order valence-corrected chi connectivity index (χ2v) is 8.57. The van der Waals surface area contributed by atoms with Gasteiger partial charge in [0.05, 0.1) is 24.8 Å². The molecule has 0 bridgehead atoms. The van der Waals surface area contributed by atoms with Gasteiger partial charge in [-0.25, -0.2) is 0 Å². The predicted octanol–water partition coefficient (Wildman–Crippen LogP) is 2.04. The van der Waals surface area contributed by atoms with Gasteiger partial charge in [-0.1, -0.05) is 24.3 Å². The Hall–Kier alpha value is -3.67. The summed E-state index contributed by atoms with van der Waals surface area (Å²) in [7, 11) is 0. The van der Waals surface area contributed by atoms with Crippen molar-refractivity contribution in [3.63, 3.8) is 0 Å². The monoisotopic (exact) mass is 482 g/mol. The third-order valence-electron chi connectivity index (χ3n) is 6.16. The van der Waals surface area contributed by atoms with Crippen LogP contribution in [-0.2, 0) is 23.9 Å². The molecular formula is C26H34N4O5. The predicted molar refractivity (Wildman–Crippen MR) is 130 cm³/mol. The van der Waals surface area contributed by atoms with E-state index in [1.165, 1.54) is 11.6 Å². The zero-order chi connectivity index (χ0) is 25.8. The molecule has 0 unspecified atom stereocenters. The van der Waals surface area contributed by atoms with Crippen molar-refractivity contribution in [1.29, 1.82) is 5.26 Å². The van der Waals surface area contributed by atoms with Gasteiger partial charge in [0.2, 0.25) is 17.7 Å². The molecule has 1 aliphatic carbocycles. The third-order valence-corrected chi connectivity index (χ3v) is 6.16. The van der Waals surface area contributed by atoms with Gasteiger partial charge in [-0.3, -0.25) is 19.2 Å². The number of aryl methyl sites for hydroxylation is 1. The van der Waals surface area contributed by atoms with Crippen LogP contribution in [0.25, 0.3) is 0 Å². The number of benzene rings is 1. The molecule has 9 heteroatoms. The minimum Gasteiger partial charge on any atom is -0.468 e. The highest BCUT2D eigenvalue weighted by Crippen LogP contribution is 2.45. The summed E-state index contributed by atoms with van der Waals surface area (Å²) < 4.78 is 4.15. The van der Waals surface area contributed by atoms with Crippen LogP contribution < -0.4 is 0 Å². The van der Waals surface area contributed by atoms with E-state index in [0.717, 1.165) is 31.5 Å². The molecule has 2 saturated heterocycles. The number of amides is 3. The molecule has 0 N–H and O–H groups in total. The molecule has 35 heavy (non-hydrogen) atoms. The van der Waals surface area contributed by atoms with Crippen molar-refractivity contribution < 1.29 is 23.9 Å². The fourth-order valence-corrected chi connectivity index (χ4v) is 4.06. The van der Waals surface area contributed by atoms with E-state index in [1.807, 2.05) is 36.1 Å². The van der Waals surface area contributed by atoms with Crippen molar-refractivity contribution in [2.24, 2.45) is 0 Å². The van der Waals surface area contributed by atoms with Crippen LogP contribution in [0, 0.1) is 18.3 Å². The molecule has 2 heterocycles. The summed E-state index contributed by atoms with van der Waals surface area (Å²) in [5, 5.41) is 8.38. The fraction of sp³-hybridized carbons (Fsp3) is 0.500.